The first kappa shape index (κ1) is 15.7. The van der Waals surface area contributed by atoms with Crippen LogP contribution in [-0.2, 0) is 13.0 Å². The summed E-state index contributed by atoms with van der Waals surface area (Å²) >= 11 is 3.50. The number of aromatic nitrogens is 2. The van der Waals surface area contributed by atoms with Crippen LogP contribution in [0.4, 0.5) is 11.6 Å². The zero-order valence-electron chi connectivity index (χ0n) is 12.3. The molecule has 1 aromatic carbocycles. The molecule has 5 nitrogen and oxygen atoms in total. The Hall–Kier alpha value is -1.66. The van der Waals surface area contributed by atoms with Crippen LogP contribution in [0.5, 0.6) is 0 Å². The number of nitrogen functional groups attached to an aromatic ring is 1. The van der Waals surface area contributed by atoms with Gasteiger partial charge in [-0.15, -0.1) is 0 Å². The summed E-state index contributed by atoms with van der Waals surface area (Å²) in [6, 6.07) is 8.27. The molecule has 0 saturated carbocycles. The lowest BCUT2D eigenvalue weighted by Crippen LogP contribution is -2.21. The molecular formula is C15H20BrN5. The molecular weight excluding hydrogens is 330 g/mol. The van der Waals surface area contributed by atoms with Crippen LogP contribution in [0.1, 0.15) is 24.5 Å². The van der Waals surface area contributed by atoms with Gasteiger partial charge in [-0.05, 0) is 24.1 Å². The zero-order chi connectivity index (χ0) is 15.2. The summed E-state index contributed by atoms with van der Waals surface area (Å²) in [5.74, 6) is 7.17. The van der Waals surface area contributed by atoms with Gasteiger partial charge in [0.25, 0.3) is 0 Å². The van der Waals surface area contributed by atoms with Crippen molar-refractivity contribution in [2.24, 2.45) is 5.84 Å². The van der Waals surface area contributed by atoms with Crippen LogP contribution in [0.3, 0.4) is 0 Å². The number of hydrazine groups is 1. The molecule has 6 heteroatoms. The Balaban J connectivity index is 2.28. The summed E-state index contributed by atoms with van der Waals surface area (Å²) in [7, 11) is 2.03. The lowest BCUT2D eigenvalue weighted by atomic mass is 10.1. The van der Waals surface area contributed by atoms with E-state index < -0.39 is 0 Å². The molecule has 0 bridgehead atoms. The Morgan fingerprint density at radius 2 is 2.14 bits per heavy atom. The van der Waals surface area contributed by atoms with Crippen LogP contribution in [0.15, 0.2) is 35.1 Å². The van der Waals surface area contributed by atoms with Crippen LogP contribution in [-0.4, -0.2) is 17.0 Å². The van der Waals surface area contributed by atoms with Crippen molar-refractivity contribution in [3.05, 3.63) is 46.2 Å². The predicted molar refractivity (Wildman–Crippen MR) is 90.1 cm³/mol. The standard InChI is InChI=1S/C15H20BrN5/c1-3-5-13-14(20-17)18-10-19-15(13)21(2)9-11-6-4-7-12(16)8-11/h4,6-8,10H,3,5,9,17H2,1-2H3,(H,18,19,20). The largest absolute Gasteiger partial charge is 0.355 e. The van der Waals surface area contributed by atoms with Crippen molar-refractivity contribution in [1.82, 2.24) is 9.97 Å². The van der Waals surface area contributed by atoms with Crippen molar-refractivity contribution < 1.29 is 0 Å². The number of benzene rings is 1. The van der Waals surface area contributed by atoms with Crippen molar-refractivity contribution >= 4 is 27.6 Å². The highest BCUT2D eigenvalue weighted by Crippen LogP contribution is 2.25. The maximum absolute atomic E-state index is 5.56. The van der Waals surface area contributed by atoms with Gasteiger partial charge in [0, 0.05) is 23.6 Å². The van der Waals surface area contributed by atoms with E-state index in [1.54, 1.807) is 6.33 Å². The van der Waals surface area contributed by atoms with Crippen molar-refractivity contribution in [3.63, 3.8) is 0 Å². The Morgan fingerprint density at radius 1 is 1.33 bits per heavy atom. The summed E-state index contributed by atoms with van der Waals surface area (Å²) < 4.78 is 1.08. The van der Waals surface area contributed by atoms with E-state index in [0.717, 1.165) is 35.2 Å². The Morgan fingerprint density at radius 3 is 2.81 bits per heavy atom. The van der Waals surface area contributed by atoms with E-state index in [9.17, 15) is 0 Å². The predicted octanol–water partition coefficient (Wildman–Crippen LogP) is 3.11. The maximum Gasteiger partial charge on any atom is 0.148 e. The highest BCUT2D eigenvalue weighted by atomic mass is 79.9. The molecule has 1 heterocycles. The molecule has 112 valence electrons. The van der Waals surface area contributed by atoms with Gasteiger partial charge in [-0.3, -0.25) is 0 Å². The highest BCUT2D eigenvalue weighted by Gasteiger charge is 2.14. The quantitative estimate of drug-likeness (QED) is 0.619. The minimum absolute atomic E-state index is 0.697. The molecule has 0 saturated heterocycles. The minimum Gasteiger partial charge on any atom is -0.355 e. The molecule has 0 aliphatic rings. The molecule has 0 amide bonds. The number of nitrogens with one attached hydrogen (secondary N) is 1. The third kappa shape index (κ3) is 3.92. The van der Waals surface area contributed by atoms with Crippen LogP contribution in [0.2, 0.25) is 0 Å². The lowest BCUT2D eigenvalue weighted by Gasteiger charge is -2.22. The van der Waals surface area contributed by atoms with Gasteiger partial charge in [0.15, 0.2) is 0 Å². The number of hydrogen-bond donors (Lipinski definition) is 2. The van der Waals surface area contributed by atoms with E-state index in [-0.39, 0.29) is 0 Å². The number of hydrogen-bond acceptors (Lipinski definition) is 5. The summed E-state index contributed by atoms with van der Waals surface area (Å²) in [4.78, 5) is 10.8. The summed E-state index contributed by atoms with van der Waals surface area (Å²) in [6.07, 6.45) is 3.44. The van der Waals surface area contributed by atoms with Gasteiger partial charge < -0.3 is 10.3 Å². The number of halogens is 1. The topological polar surface area (TPSA) is 67.1 Å². The molecule has 1 aromatic heterocycles. The Kier molecular flexibility index (Phi) is 5.52. The first-order chi connectivity index (χ1) is 10.2. The van der Waals surface area contributed by atoms with Crippen molar-refractivity contribution in [2.75, 3.05) is 17.4 Å². The lowest BCUT2D eigenvalue weighted by molar-refractivity contribution is 0.842. The van der Waals surface area contributed by atoms with Crippen LogP contribution in [0.25, 0.3) is 0 Å². The summed E-state index contributed by atoms with van der Waals surface area (Å²) in [5.41, 5.74) is 4.94. The third-order valence-electron chi connectivity index (χ3n) is 3.23. The van der Waals surface area contributed by atoms with Gasteiger partial charge in [-0.25, -0.2) is 15.8 Å². The third-order valence-corrected chi connectivity index (χ3v) is 3.72. The molecule has 0 radical (unpaired) electrons. The molecule has 2 rings (SSSR count). The fourth-order valence-corrected chi connectivity index (χ4v) is 2.77. The molecule has 0 aliphatic heterocycles. The average Bonchev–Trinajstić information content (AvgIpc) is 2.47. The molecule has 0 unspecified atom stereocenters. The Labute approximate surface area is 133 Å². The van der Waals surface area contributed by atoms with Crippen LogP contribution >= 0.6 is 15.9 Å². The van der Waals surface area contributed by atoms with E-state index >= 15 is 0 Å². The van der Waals surface area contributed by atoms with Gasteiger partial charge in [0.1, 0.15) is 18.0 Å². The van der Waals surface area contributed by atoms with Gasteiger partial charge in [-0.2, -0.15) is 0 Å². The van der Waals surface area contributed by atoms with Crippen molar-refractivity contribution in [3.8, 4) is 0 Å². The zero-order valence-corrected chi connectivity index (χ0v) is 13.9. The monoisotopic (exact) mass is 349 g/mol. The molecule has 3 N–H and O–H groups in total. The van der Waals surface area contributed by atoms with E-state index in [2.05, 4.69) is 55.3 Å². The number of nitrogens with zero attached hydrogens (tertiary/aromatic N) is 3. The van der Waals surface area contributed by atoms with Crippen molar-refractivity contribution in [2.45, 2.75) is 26.3 Å². The summed E-state index contributed by atoms with van der Waals surface area (Å²) in [6.45, 7) is 2.91. The van der Waals surface area contributed by atoms with Crippen molar-refractivity contribution in [1.29, 1.82) is 0 Å². The van der Waals surface area contributed by atoms with E-state index in [4.69, 9.17) is 5.84 Å². The average molecular weight is 350 g/mol. The first-order valence-corrected chi connectivity index (χ1v) is 7.71. The molecule has 0 aliphatic carbocycles. The van der Waals surface area contributed by atoms with Gasteiger partial charge in [-0.1, -0.05) is 41.4 Å². The SMILES string of the molecule is CCCc1c(NN)ncnc1N(C)Cc1cccc(Br)c1. The normalized spacial score (nSPS) is 10.5. The first-order valence-electron chi connectivity index (χ1n) is 6.91. The molecule has 0 fully saturated rings. The highest BCUT2D eigenvalue weighted by molar-refractivity contribution is 9.10. The number of nitrogens with two attached hydrogens (primary N) is 1. The van der Waals surface area contributed by atoms with Gasteiger partial charge >= 0.3 is 0 Å². The molecule has 2 aromatic rings. The maximum atomic E-state index is 5.56. The fourth-order valence-electron chi connectivity index (χ4n) is 2.32. The Bertz CT molecular complexity index is 602. The van der Waals surface area contributed by atoms with Gasteiger partial charge in [0.05, 0.1) is 0 Å². The molecule has 21 heavy (non-hydrogen) atoms. The fraction of sp³-hybridized carbons (Fsp3) is 0.333. The van der Waals surface area contributed by atoms with E-state index in [0.29, 0.717) is 5.82 Å². The second-order valence-corrected chi connectivity index (χ2v) is 5.82. The smallest absolute Gasteiger partial charge is 0.148 e. The minimum atomic E-state index is 0.697. The van der Waals surface area contributed by atoms with E-state index in [1.807, 2.05) is 19.2 Å². The van der Waals surface area contributed by atoms with E-state index in [1.165, 1.54) is 5.56 Å². The van der Waals surface area contributed by atoms with Crippen LogP contribution in [0, 0.1) is 0 Å². The second-order valence-electron chi connectivity index (χ2n) is 4.90. The van der Waals surface area contributed by atoms with Crippen LogP contribution < -0.4 is 16.2 Å². The van der Waals surface area contributed by atoms with Gasteiger partial charge in [0.2, 0.25) is 0 Å². The second kappa shape index (κ2) is 7.38. The number of rotatable bonds is 6. The number of anilines is 2. The molecule has 0 atom stereocenters. The molecule has 0 spiro atoms. The summed E-state index contributed by atoms with van der Waals surface area (Å²) in [5, 5.41) is 0.